The molecule has 0 bridgehead atoms. The number of hydrogen-bond acceptors (Lipinski definition) is 0. The lowest BCUT2D eigenvalue weighted by atomic mass is 9.89. The Morgan fingerprint density at radius 3 is 1.56 bits per heavy atom. The van der Waals surface area contributed by atoms with Crippen molar-refractivity contribution in [1.82, 2.24) is 0 Å². The maximum Gasteiger partial charge on any atom is -0.0149 e. The molecule has 48 valence electrons. The van der Waals surface area contributed by atoms with E-state index in [1.807, 2.05) is 0 Å². The Kier molecular flexibility index (Phi) is 1.72. The molecule has 0 aromatic heterocycles. The maximum absolute atomic E-state index is 2.21. The smallest absolute Gasteiger partial charge is 0.0149 e. The summed E-state index contributed by atoms with van der Waals surface area (Å²) in [5, 5.41) is 0. The molecule has 1 aliphatic carbocycles. The van der Waals surface area contributed by atoms with Crippen molar-refractivity contribution in [2.45, 2.75) is 12.8 Å². The largest absolute Gasteiger partial charge is 0.0620 e. The van der Waals surface area contributed by atoms with Gasteiger partial charge in [0.15, 0.2) is 0 Å². The Morgan fingerprint density at radius 2 is 1.33 bits per heavy atom. The first kappa shape index (κ1) is 6.56. The third-order valence-electron chi connectivity index (χ3n) is 1.78. The van der Waals surface area contributed by atoms with Gasteiger partial charge in [-0.05, 0) is 34.9 Å². The number of rotatable bonds is 0. The van der Waals surface area contributed by atoms with E-state index in [1.54, 1.807) is 11.1 Å². The molecule has 0 aliphatic heterocycles. The molecule has 1 heteroatoms. The monoisotopic (exact) mass is 136 g/mol. The molecule has 0 spiro atoms. The van der Waals surface area contributed by atoms with Crippen LogP contribution in [0.15, 0.2) is 24.3 Å². The summed E-state index contributed by atoms with van der Waals surface area (Å²) in [7, 11) is 0. The summed E-state index contributed by atoms with van der Waals surface area (Å²) in [6.07, 6.45) is 2.60. The molecule has 0 radical (unpaired) electrons. The van der Waals surface area contributed by atoms with E-state index in [0.29, 0.717) is 0 Å². The van der Waals surface area contributed by atoms with Crippen molar-refractivity contribution in [3.05, 3.63) is 35.4 Å². The molecule has 1 aromatic carbocycles. The average Bonchev–Trinajstić information content (AvgIpc) is 1.72. The van der Waals surface area contributed by atoms with Crippen molar-refractivity contribution in [3.8, 4) is 0 Å². The topological polar surface area (TPSA) is 0 Å². The SMILES string of the molecule is [SiH4].c1ccc2c(c1)CC2. The first-order valence-electron chi connectivity index (χ1n) is 3.03. The van der Waals surface area contributed by atoms with Crippen molar-refractivity contribution in [2.24, 2.45) is 0 Å². The summed E-state index contributed by atoms with van der Waals surface area (Å²) in [4.78, 5) is 0. The number of fused-ring (bicyclic) bond motifs is 1. The first-order chi connectivity index (χ1) is 3.97. The van der Waals surface area contributed by atoms with E-state index in [1.165, 1.54) is 12.8 Å². The van der Waals surface area contributed by atoms with Gasteiger partial charge in [0.1, 0.15) is 0 Å². The predicted octanol–water partition coefficient (Wildman–Crippen LogP) is 0.334. The summed E-state index contributed by atoms with van der Waals surface area (Å²) >= 11 is 0. The Balaban J connectivity index is 0.000000405. The maximum atomic E-state index is 2.21. The highest BCUT2D eigenvalue weighted by molar-refractivity contribution is 5.75. The fourth-order valence-electron chi connectivity index (χ4n) is 1.14. The summed E-state index contributed by atoms with van der Waals surface area (Å²) in [5.41, 5.74) is 3.10. The molecule has 0 heterocycles. The fraction of sp³-hybridized carbons (Fsp3) is 0.250. The van der Waals surface area contributed by atoms with Crippen LogP contribution >= 0.6 is 0 Å². The molecule has 1 aromatic rings. The van der Waals surface area contributed by atoms with Crippen molar-refractivity contribution in [2.75, 3.05) is 0 Å². The van der Waals surface area contributed by atoms with Gasteiger partial charge < -0.3 is 0 Å². The van der Waals surface area contributed by atoms with Gasteiger partial charge in [-0.15, -0.1) is 0 Å². The third-order valence-corrected chi connectivity index (χ3v) is 1.78. The van der Waals surface area contributed by atoms with Crippen molar-refractivity contribution >= 4 is 11.0 Å². The van der Waals surface area contributed by atoms with Crippen molar-refractivity contribution in [1.29, 1.82) is 0 Å². The van der Waals surface area contributed by atoms with Crippen LogP contribution in [0.1, 0.15) is 11.1 Å². The van der Waals surface area contributed by atoms with Gasteiger partial charge in [0.2, 0.25) is 0 Å². The van der Waals surface area contributed by atoms with Crippen LogP contribution in [0.4, 0.5) is 0 Å². The van der Waals surface area contributed by atoms with Crippen LogP contribution in [0.5, 0.6) is 0 Å². The lowest BCUT2D eigenvalue weighted by Gasteiger charge is -2.16. The highest BCUT2D eigenvalue weighted by atomic mass is 28.1. The molecule has 0 nitrogen and oxygen atoms in total. The van der Waals surface area contributed by atoms with Crippen LogP contribution in [-0.4, -0.2) is 11.0 Å². The molecule has 2 rings (SSSR count). The standard InChI is InChI=1S/C8H8.H4Si/c1-2-4-8-6-5-7(8)3-1;/h1-4H,5-6H2;1H4. The molecule has 9 heavy (non-hydrogen) atoms. The van der Waals surface area contributed by atoms with Crippen LogP contribution < -0.4 is 0 Å². The van der Waals surface area contributed by atoms with Crippen LogP contribution in [0, 0.1) is 0 Å². The predicted molar refractivity (Wildman–Crippen MR) is 45.2 cm³/mol. The van der Waals surface area contributed by atoms with Gasteiger partial charge in [0.25, 0.3) is 0 Å². The van der Waals surface area contributed by atoms with Crippen LogP contribution in [0.3, 0.4) is 0 Å². The van der Waals surface area contributed by atoms with Gasteiger partial charge in [-0.25, -0.2) is 0 Å². The van der Waals surface area contributed by atoms with Crippen LogP contribution in [0.25, 0.3) is 0 Å². The molecule has 0 atom stereocenters. The minimum atomic E-state index is 0. The molecule has 0 N–H and O–H groups in total. The van der Waals surface area contributed by atoms with E-state index in [4.69, 9.17) is 0 Å². The zero-order chi connectivity index (χ0) is 5.40. The number of hydrogen-bond donors (Lipinski definition) is 0. The molecule has 1 aliphatic rings. The first-order valence-corrected chi connectivity index (χ1v) is 3.03. The van der Waals surface area contributed by atoms with E-state index in [-0.39, 0.29) is 11.0 Å². The molecule has 0 amide bonds. The Labute approximate surface area is 59.9 Å². The molecule has 0 unspecified atom stereocenters. The Hall–Kier alpha value is -0.563. The minimum absolute atomic E-state index is 0. The summed E-state index contributed by atoms with van der Waals surface area (Å²) in [6, 6.07) is 8.63. The van der Waals surface area contributed by atoms with Crippen LogP contribution in [-0.2, 0) is 12.8 Å². The van der Waals surface area contributed by atoms with E-state index >= 15 is 0 Å². The normalized spacial score (nSPS) is 12.9. The summed E-state index contributed by atoms with van der Waals surface area (Å²) < 4.78 is 0. The second kappa shape index (κ2) is 2.36. The number of aryl methyl sites for hydroxylation is 2. The Bertz CT molecular complexity index is 182. The van der Waals surface area contributed by atoms with Crippen LogP contribution in [0.2, 0.25) is 0 Å². The summed E-state index contributed by atoms with van der Waals surface area (Å²) in [5.74, 6) is 0. The van der Waals surface area contributed by atoms with E-state index in [0.717, 1.165) is 0 Å². The van der Waals surface area contributed by atoms with Gasteiger partial charge in [0, 0.05) is 0 Å². The van der Waals surface area contributed by atoms with Gasteiger partial charge >= 0.3 is 0 Å². The second-order valence-electron chi connectivity index (χ2n) is 2.27. The molecular formula is C8H12Si. The van der Waals surface area contributed by atoms with Gasteiger partial charge in [-0.2, -0.15) is 0 Å². The Morgan fingerprint density at radius 1 is 0.889 bits per heavy atom. The lowest BCUT2D eigenvalue weighted by Crippen LogP contribution is -2.06. The van der Waals surface area contributed by atoms with Gasteiger partial charge in [-0.3, -0.25) is 0 Å². The second-order valence-corrected chi connectivity index (χ2v) is 2.27. The molecular weight excluding hydrogens is 124 g/mol. The molecule has 0 saturated heterocycles. The average molecular weight is 136 g/mol. The van der Waals surface area contributed by atoms with Gasteiger partial charge in [-0.1, -0.05) is 24.3 Å². The molecule has 0 fully saturated rings. The van der Waals surface area contributed by atoms with E-state index < -0.39 is 0 Å². The fourth-order valence-corrected chi connectivity index (χ4v) is 1.14. The van der Waals surface area contributed by atoms with Crippen molar-refractivity contribution < 1.29 is 0 Å². The van der Waals surface area contributed by atoms with Gasteiger partial charge in [0.05, 0.1) is 0 Å². The molecule has 0 saturated carbocycles. The minimum Gasteiger partial charge on any atom is -0.0620 e. The third kappa shape index (κ3) is 0.923. The zero-order valence-electron chi connectivity index (χ0n) is 4.72. The highest BCUT2D eigenvalue weighted by Gasteiger charge is 2.09. The quantitative estimate of drug-likeness (QED) is 0.451. The lowest BCUT2D eigenvalue weighted by molar-refractivity contribution is 0.839. The van der Waals surface area contributed by atoms with E-state index in [9.17, 15) is 0 Å². The number of benzene rings is 1. The van der Waals surface area contributed by atoms with Crippen molar-refractivity contribution in [3.63, 3.8) is 0 Å². The van der Waals surface area contributed by atoms with E-state index in [2.05, 4.69) is 24.3 Å². The highest BCUT2D eigenvalue weighted by Crippen LogP contribution is 2.20. The summed E-state index contributed by atoms with van der Waals surface area (Å²) in [6.45, 7) is 0. The zero-order valence-corrected chi connectivity index (χ0v) is 4.72.